The quantitative estimate of drug-likeness (QED) is 0.488. The number of benzene rings is 3. The summed E-state index contributed by atoms with van der Waals surface area (Å²) in [6.07, 6.45) is -0.107. The van der Waals surface area contributed by atoms with Crippen LogP contribution in [-0.4, -0.2) is 24.1 Å². The van der Waals surface area contributed by atoms with Crippen LogP contribution >= 0.6 is 23.2 Å². The molecule has 3 rings (SSSR count). The number of carboxylic acids is 1. The van der Waals surface area contributed by atoms with E-state index in [1.54, 1.807) is 54.6 Å². The zero-order valence-electron chi connectivity index (χ0n) is 15.8. The smallest absolute Gasteiger partial charge is 0.307 e. The molecule has 0 aromatic heterocycles. The van der Waals surface area contributed by atoms with Crippen LogP contribution in [0.2, 0.25) is 10.0 Å². The van der Waals surface area contributed by atoms with E-state index in [0.717, 1.165) is 0 Å². The Hall–Kier alpha value is -3.22. The number of amides is 1. The van der Waals surface area contributed by atoms with E-state index in [2.05, 4.69) is 5.32 Å². The Morgan fingerprint density at radius 3 is 2.30 bits per heavy atom. The first-order chi connectivity index (χ1) is 14.4. The van der Waals surface area contributed by atoms with Crippen LogP contribution < -0.4 is 14.8 Å². The molecule has 0 unspecified atom stereocenters. The summed E-state index contributed by atoms with van der Waals surface area (Å²) in [5, 5.41) is 12.4. The Balaban J connectivity index is 1.69. The first-order valence-electron chi connectivity index (χ1n) is 8.78. The Labute approximate surface area is 183 Å². The number of methoxy groups -OCH3 is 1. The third-order valence-corrected chi connectivity index (χ3v) is 4.84. The van der Waals surface area contributed by atoms with E-state index in [9.17, 15) is 9.59 Å². The fourth-order valence-corrected chi connectivity index (χ4v) is 2.95. The summed E-state index contributed by atoms with van der Waals surface area (Å²) in [6.45, 7) is 0. The van der Waals surface area contributed by atoms with E-state index >= 15 is 0 Å². The van der Waals surface area contributed by atoms with E-state index in [4.69, 9.17) is 37.8 Å². The van der Waals surface area contributed by atoms with Gasteiger partial charge in [-0.3, -0.25) is 9.59 Å². The summed E-state index contributed by atoms with van der Waals surface area (Å²) in [7, 11) is 1.48. The zero-order valence-corrected chi connectivity index (χ0v) is 17.3. The highest BCUT2D eigenvalue weighted by Crippen LogP contribution is 2.33. The van der Waals surface area contributed by atoms with Crippen LogP contribution in [0.5, 0.6) is 17.2 Å². The molecule has 6 nitrogen and oxygen atoms in total. The van der Waals surface area contributed by atoms with Gasteiger partial charge in [-0.05, 0) is 60.2 Å². The topological polar surface area (TPSA) is 84.9 Å². The average Bonchev–Trinajstić information content (AvgIpc) is 2.72. The van der Waals surface area contributed by atoms with Gasteiger partial charge in [0.25, 0.3) is 5.91 Å². The van der Waals surface area contributed by atoms with Gasteiger partial charge in [0.1, 0.15) is 5.75 Å². The van der Waals surface area contributed by atoms with Crippen molar-refractivity contribution in [2.24, 2.45) is 0 Å². The van der Waals surface area contributed by atoms with Crippen molar-refractivity contribution in [2.75, 3.05) is 12.4 Å². The lowest BCUT2D eigenvalue weighted by Gasteiger charge is -2.12. The minimum Gasteiger partial charge on any atom is -0.493 e. The Morgan fingerprint density at radius 2 is 1.67 bits per heavy atom. The first-order valence-corrected chi connectivity index (χ1v) is 9.54. The van der Waals surface area contributed by atoms with Crippen LogP contribution in [0.4, 0.5) is 5.69 Å². The van der Waals surface area contributed by atoms with Crippen molar-refractivity contribution in [2.45, 2.75) is 6.42 Å². The number of carbonyl (C=O) groups is 2. The molecule has 0 aliphatic rings. The van der Waals surface area contributed by atoms with Gasteiger partial charge in [-0.25, -0.2) is 0 Å². The second-order valence-electron chi connectivity index (χ2n) is 6.27. The molecule has 0 aliphatic carbocycles. The first kappa shape index (κ1) is 21.5. The lowest BCUT2D eigenvalue weighted by molar-refractivity contribution is -0.136. The number of aliphatic carboxylic acids is 1. The molecule has 0 atom stereocenters. The third-order valence-electron chi connectivity index (χ3n) is 4.11. The summed E-state index contributed by atoms with van der Waals surface area (Å²) in [5.74, 6) is 0.138. The van der Waals surface area contributed by atoms with Crippen LogP contribution in [0.3, 0.4) is 0 Å². The summed E-state index contributed by atoms with van der Waals surface area (Å²) < 4.78 is 11.1. The summed E-state index contributed by atoms with van der Waals surface area (Å²) >= 11 is 11.8. The van der Waals surface area contributed by atoms with Crippen molar-refractivity contribution in [1.29, 1.82) is 0 Å². The Morgan fingerprint density at radius 1 is 0.933 bits per heavy atom. The molecule has 8 heteroatoms. The number of anilines is 1. The predicted molar refractivity (Wildman–Crippen MR) is 115 cm³/mol. The molecule has 1 amide bonds. The van der Waals surface area contributed by atoms with E-state index in [1.165, 1.54) is 13.2 Å². The molecule has 154 valence electrons. The molecule has 0 bridgehead atoms. The second-order valence-corrected chi connectivity index (χ2v) is 7.08. The van der Waals surface area contributed by atoms with Gasteiger partial charge >= 0.3 is 5.97 Å². The molecule has 0 spiro atoms. The number of rotatable bonds is 7. The zero-order chi connectivity index (χ0) is 21.7. The van der Waals surface area contributed by atoms with Gasteiger partial charge in [-0.1, -0.05) is 29.3 Å². The van der Waals surface area contributed by atoms with Crippen molar-refractivity contribution in [3.8, 4) is 17.2 Å². The standard InChI is InChI=1S/C22H17Cl2NO5/c1-29-20-10-13(11-21(26)27)2-9-19(20)30-16-6-4-15(5-7-16)25-22(28)14-3-8-17(23)18(24)12-14/h2-10,12H,11H2,1H3,(H,25,28)(H,26,27). The van der Waals surface area contributed by atoms with Crippen LogP contribution in [0.1, 0.15) is 15.9 Å². The number of carbonyl (C=O) groups excluding carboxylic acids is 1. The van der Waals surface area contributed by atoms with Crippen molar-refractivity contribution >= 4 is 40.8 Å². The van der Waals surface area contributed by atoms with Crippen molar-refractivity contribution < 1.29 is 24.2 Å². The normalized spacial score (nSPS) is 10.4. The van der Waals surface area contributed by atoms with E-state index in [0.29, 0.717) is 44.1 Å². The molecular formula is C22H17Cl2NO5. The van der Waals surface area contributed by atoms with Gasteiger partial charge in [0.2, 0.25) is 0 Å². The number of halogens is 2. The lowest BCUT2D eigenvalue weighted by atomic mass is 10.1. The van der Waals surface area contributed by atoms with Gasteiger partial charge in [-0.15, -0.1) is 0 Å². The number of carboxylic acid groups (broad SMARTS) is 1. The van der Waals surface area contributed by atoms with Gasteiger partial charge < -0.3 is 19.9 Å². The predicted octanol–water partition coefficient (Wildman–Crippen LogP) is 5.67. The third kappa shape index (κ3) is 5.43. The monoisotopic (exact) mass is 445 g/mol. The number of nitrogens with one attached hydrogen (secondary N) is 1. The highest BCUT2D eigenvalue weighted by Gasteiger charge is 2.11. The SMILES string of the molecule is COc1cc(CC(=O)O)ccc1Oc1ccc(NC(=O)c2ccc(Cl)c(Cl)c2)cc1. The second kappa shape index (κ2) is 9.52. The molecule has 0 heterocycles. The van der Waals surface area contributed by atoms with Gasteiger partial charge in [-0.2, -0.15) is 0 Å². The maximum atomic E-state index is 12.3. The fraction of sp³-hybridized carbons (Fsp3) is 0.0909. The maximum absolute atomic E-state index is 12.3. The van der Waals surface area contributed by atoms with E-state index in [-0.39, 0.29) is 12.3 Å². The van der Waals surface area contributed by atoms with Crippen LogP contribution in [0.15, 0.2) is 60.7 Å². The molecule has 30 heavy (non-hydrogen) atoms. The Bertz CT molecular complexity index is 1080. The van der Waals surface area contributed by atoms with Gasteiger partial charge in [0, 0.05) is 11.3 Å². The number of ether oxygens (including phenoxy) is 2. The van der Waals surface area contributed by atoms with Gasteiger partial charge in [0.05, 0.1) is 23.6 Å². The van der Waals surface area contributed by atoms with Crippen LogP contribution in [-0.2, 0) is 11.2 Å². The summed E-state index contributed by atoms with van der Waals surface area (Å²) in [6, 6.07) is 16.3. The molecule has 2 N–H and O–H groups in total. The molecular weight excluding hydrogens is 429 g/mol. The molecule has 0 saturated carbocycles. The van der Waals surface area contributed by atoms with Crippen molar-refractivity contribution in [1.82, 2.24) is 0 Å². The highest BCUT2D eigenvalue weighted by molar-refractivity contribution is 6.42. The van der Waals surface area contributed by atoms with Crippen molar-refractivity contribution in [3.63, 3.8) is 0 Å². The van der Waals surface area contributed by atoms with E-state index < -0.39 is 5.97 Å². The molecule has 3 aromatic carbocycles. The maximum Gasteiger partial charge on any atom is 0.307 e. The molecule has 0 radical (unpaired) electrons. The summed E-state index contributed by atoms with van der Waals surface area (Å²) in [4.78, 5) is 23.2. The molecule has 0 fully saturated rings. The van der Waals surface area contributed by atoms with E-state index in [1.807, 2.05) is 0 Å². The van der Waals surface area contributed by atoms with Crippen molar-refractivity contribution in [3.05, 3.63) is 81.8 Å². The minimum atomic E-state index is -0.927. The molecule has 3 aromatic rings. The summed E-state index contributed by atoms with van der Waals surface area (Å²) in [5.41, 5.74) is 1.56. The lowest BCUT2D eigenvalue weighted by Crippen LogP contribution is -2.11. The number of hydrogen-bond acceptors (Lipinski definition) is 4. The Kier molecular flexibility index (Phi) is 6.82. The largest absolute Gasteiger partial charge is 0.493 e. The minimum absolute atomic E-state index is 0.107. The van der Waals surface area contributed by atoms with Crippen LogP contribution in [0, 0.1) is 0 Å². The number of hydrogen-bond donors (Lipinski definition) is 2. The molecule has 0 saturated heterocycles. The highest BCUT2D eigenvalue weighted by atomic mass is 35.5. The molecule has 0 aliphatic heterocycles. The average molecular weight is 446 g/mol. The van der Waals surface area contributed by atoms with Crippen LogP contribution in [0.25, 0.3) is 0 Å². The fourth-order valence-electron chi connectivity index (χ4n) is 2.65. The van der Waals surface area contributed by atoms with Gasteiger partial charge in [0.15, 0.2) is 11.5 Å².